The Morgan fingerprint density at radius 2 is 2.21 bits per heavy atom. The summed E-state index contributed by atoms with van der Waals surface area (Å²) in [5.41, 5.74) is 2.22. The van der Waals surface area contributed by atoms with Gasteiger partial charge in [0.2, 0.25) is 0 Å². The van der Waals surface area contributed by atoms with Crippen LogP contribution in [-0.4, -0.2) is 29.0 Å². The van der Waals surface area contributed by atoms with Crippen molar-refractivity contribution in [2.75, 3.05) is 12.4 Å². The topological polar surface area (TPSA) is 45.2 Å². The largest absolute Gasteiger partial charge is 0.325 e. The molecule has 0 aliphatic carbocycles. The number of nitrogens with one attached hydrogen (secondary N) is 1. The van der Waals surface area contributed by atoms with Crippen LogP contribution in [0.1, 0.15) is 26.3 Å². The highest BCUT2D eigenvalue weighted by molar-refractivity contribution is 7.22. The van der Waals surface area contributed by atoms with E-state index in [2.05, 4.69) is 29.4 Å². The maximum absolute atomic E-state index is 11.9. The molecule has 1 aromatic carbocycles. The van der Waals surface area contributed by atoms with Crippen molar-refractivity contribution >= 4 is 32.7 Å². The number of nitrogens with zero attached hydrogens (tertiary/aromatic N) is 2. The molecule has 0 atom stereocenters. The lowest BCUT2D eigenvalue weighted by Crippen LogP contribution is -2.36. The Morgan fingerprint density at radius 3 is 2.84 bits per heavy atom. The number of aromatic nitrogens is 1. The number of hydrogen-bond acceptors (Lipinski definition) is 3. The summed E-state index contributed by atoms with van der Waals surface area (Å²) < 4.78 is 1.11. The maximum atomic E-state index is 11.9. The van der Waals surface area contributed by atoms with Gasteiger partial charge in [0, 0.05) is 13.1 Å². The van der Waals surface area contributed by atoms with Crippen molar-refractivity contribution in [2.45, 2.75) is 33.2 Å². The van der Waals surface area contributed by atoms with Gasteiger partial charge in [0.05, 0.1) is 10.2 Å². The smallest absolute Gasteiger partial charge is 0.323 e. The molecule has 19 heavy (non-hydrogen) atoms. The van der Waals surface area contributed by atoms with Crippen LogP contribution in [0.25, 0.3) is 10.2 Å². The lowest BCUT2D eigenvalue weighted by Gasteiger charge is -2.20. The number of aryl methyl sites for hydroxylation is 1. The van der Waals surface area contributed by atoms with Crippen LogP contribution in [0.15, 0.2) is 18.2 Å². The molecule has 0 saturated heterocycles. The molecular weight excluding hydrogens is 258 g/mol. The Balaban J connectivity index is 2.20. The number of anilines is 1. The maximum Gasteiger partial charge on any atom is 0.323 e. The van der Waals surface area contributed by atoms with Gasteiger partial charge in [-0.1, -0.05) is 24.3 Å². The van der Waals surface area contributed by atoms with E-state index in [1.807, 2.05) is 19.9 Å². The van der Waals surface area contributed by atoms with Crippen LogP contribution in [-0.2, 0) is 6.42 Å². The number of fused-ring (bicyclic) bond motifs is 1. The minimum Gasteiger partial charge on any atom is -0.325 e. The molecule has 0 spiro atoms. The van der Waals surface area contributed by atoms with Crippen LogP contribution in [0.3, 0.4) is 0 Å². The summed E-state index contributed by atoms with van der Waals surface area (Å²) >= 11 is 1.51. The van der Waals surface area contributed by atoms with Gasteiger partial charge in [-0.05, 0) is 38.0 Å². The van der Waals surface area contributed by atoms with Crippen LogP contribution in [0.2, 0.25) is 0 Å². The van der Waals surface area contributed by atoms with Crippen molar-refractivity contribution in [3.63, 3.8) is 0 Å². The van der Waals surface area contributed by atoms with Crippen LogP contribution in [0.5, 0.6) is 0 Å². The third-order valence-electron chi connectivity index (χ3n) is 3.17. The quantitative estimate of drug-likeness (QED) is 0.929. The van der Waals surface area contributed by atoms with E-state index in [4.69, 9.17) is 0 Å². The Morgan fingerprint density at radius 1 is 1.47 bits per heavy atom. The first kappa shape index (κ1) is 13.8. The number of rotatable bonds is 3. The van der Waals surface area contributed by atoms with Gasteiger partial charge in [-0.15, -0.1) is 0 Å². The van der Waals surface area contributed by atoms with Crippen molar-refractivity contribution in [2.24, 2.45) is 0 Å². The Hall–Kier alpha value is -1.62. The van der Waals surface area contributed by atoms with Gasteiger partial charge >= 0.3 is 6.03 Å². The highest BCUT2D eigenvalue weighted by Crippen LogP contribution is 2.27. The van der Waals surface area contributed by atoms with Crippen LogP contribution in [0, 0.1) is 0 Å². The zero-order valence-electron chi connectivity index (χ0n) is 11.7. The highest BCUT2D eigenvalue weighted by Gasteiger charge is 2.14. The average Bonchev–Trinajstić information content (AvgIpc) is 2.78. The zero-order valence-corrected chi connectivity index (χ0v) is 12.5. The lowest BCUT2D eigenvalue weighted by molar-refractivity contribution is 0.211. The van der Waals surface area contributed by atoms with Crippen LogP contribution >= 0.6 is 11.3 Å². The zero-order chi connectivity index (χ0) is 14.0. The molecule has 2 amide bonds. The van der Waals surface area contributed by atoms with E-state index in [0.717, 1.165) is 16.6 Å². The number of hydrogen-bond donors (Lipinski definition) is 1. The van der Waals surface area contributed by atoms with E-state index >= 15 is 0 Å². The second-order valence-electron chi connectivity index (χ2n) is 4.81. The summed E-state index contributed by atoms with van der Waals surface area (Å²) in [6.07, 6.45) is 1.01. The normalized spacial score (nSPS) is 11.0. The summed E-state index contributed by atoms with van der Waals surface area (Å²) in [6.45, 7) is 6.08. The van der Waals surface area contributed by atoms with Gasteiger partial charge in [-0.3, -0.25) is 5.32 Å². The fourth-order valence-corrected chi connectivity index (χ4v) is 2.58. The number of carbonyl (C=O) groups excluding carboxylic acids is 1. The van der Waals surface area contributed by atoms with Gasteiger partial charge in [0.25, 0.3) is 0 Å². The molecule has 2 rings (SSSR count). The molecule has 0 fully saturated rings. The molecule has 0 bridgehead atoms. The minimum atomic E-state index is -0.121. The van der Waals surface area contributed by atoms with Crippen molar-refractivity contribution in [1.29, 1.82) is 0 Å². The summed E-state index contributed by atoms with van der Waals surface area (Å²) in [4.78, 5) is 18.0. The first-order chi connectivity index (χ1) is 9.01. The molecule has 1 N–H and O–H groups in total. The third-order valence-corrected chi connectivity index (χ3v) is 4.10. The first-order valence-electron chi connectivity index (χ1n) is 6.44. The molecule has 0 saturated carbocycles. The fraction of sp³-hybridized carbons (Fsp3) is 0.429. The molecule has 5 heteroatoms. The Kier molecular flexibility index (Phi) is 4.04. The standard InChI is InChI=1S/C14H19N3OS/c1-5-10-6-7-11-12(8-10)19-13(15-11)16-14(18)17(4)9(2)3/h6-9H,5H2,1-4H3,(H,15,16,18). The molecule has 1 heterocycles. The number of benzene rings is 1. The molecule has 4 nitrogen and oxygen atoms in total. The van der Waals surface area contributed by atoms with Crippen LogP contribution in [0.4, 0.5) is 9.93 Å². The number of thiazole rings is 1. The summed E-state index contributed by atoms with van der Waals surface area (Å²) in [5.74, 6) is 0. The van der Waals surface area contributed by atoms with E-state index in [0.29, 0.717) is 5.13 Å². The Bertz CT molecular complexity index is 591. The Labute approximate surface area is 117 Å². The SMILES string of the molecule is CCc1ccc2nc(NC(=O)N(C)C(C)C)sc2c1. The van der Waals surface area contributed by atoms with Gasteiger partial charge < -0.3 is 4.90 Å². The molecule has 1 aromatic heterocycles. The van der Waals surface area contributed by atoms with E-state index in [1.54, 1.807) is 11.9 Å². The predicted molar refractivity (Wildman–Crippen MR) is 80.9 cm³/mol. The fourth-order valence-electron chi connectivity index (χ4n) is 1.66. The van der Waals surface area contributed by atoms with Crippen molar-refractivity contribution < 1.29 is 4.79 Å². The summed E-state index contributed by atoms with van der Waals surface area (Å²) in [5, 5.41) is 3.50. The molecule has 0 radical (unpaired) electrons. The summed E-state index contributed by atoms with van der Waals surface area (Å²) in [6, 6.07) is 6.26. The molecule has 0 unspecified atom stereocenters. The van der Waals surface area contributed by atoms with Crippen molar-refractivity contribution in [3.05, 3.63) is 23.8 Å². The molecule has 0 aliphatic heterocycles. The minimum absolute atomic E-state index is 0.121. The van der Waals surface area contributed by atoms with E-state index in [-0.39, 0.29) is 12.1 Å². The second-order valence-corrected chi connectivity index (χ2v) is 5.84. The van der Waals surface area contributed by atoms with E-state index < -0.39 is 0 Å². The monoisotopic (exact) mass is 277 g/mol. The van der Waals surface area contributed by atoms with Crippen LogP contribution < -0.4 is 5.32 Å². The summed E-state index contributed by atoms with van der Waals surface area (Å²) in [7, 11) is 1.78. The highest BCUT2D eigenvalue weighted by atomic mass is 32.1. The molecule has 0 aliphatic rings. The van der Waals surface area contributed by atoms with Gasteiger partial charge in [0.15, 0.2) is 5.13 Å². The van der Waals surface area contributed by atoms with Gasteiger partial charge in [-0.25, -0.2) is 9.78 Å². The number of carbonyl (C=O) groups is 1. The average molecular weight is 277 g/mol. The molecule has 102 valence electrons. The molecule has 2 aromatic rings. The lowest BCUT2D eigenvalue weighted by atomic mass is 10.2. The van der Waals surface area contributed by atoms with E-state index in [9.17, 15) is 4.79 Å². The van der Waals surface area contributed by atoms with Gasteiger partial charge in [0.1, 0.15) is 0 Å². The van der Waals surface area contributed by atoms with E-state index in [1.165, 1.54) is 16.9 Å². The third kappa shape index (κ3) is 3.04. The van der Waals surface area contributed by atoms with Crippen molar-refractivity contribution in [3.8, 4) is 0 Å². The number of urea groups is 1. The molecular formula is C14H19N3OS. The number of amides is 2. The predicted octanol–water partition coefficient (Wildman–Crippen LogP) is 3.73. The van der Waals surface area contributed by atoms with Crippen molar-refractivity contribution in [1.82, 2.24) is 9.88 Å². The second kappa shape index (κ2) is 5.57. The first-order valence-corrected chi connectivity index (χ1v) is 7.26. The van der Waals surface area contributed by atoms with Gasteiger partial charge in [-0.2, -0.15) is 0 Å².